The van der Waals surface area contributed by atoms with Gasteiger partial charge in [0.1, 0.15) is 0 Å². The highest BCUT2D eigenvalue weighted by atomic mass is 32.2. The Morgan fingerprint density at radius 3 is 2.29 bits per heavy atom. The molecule has 1 aromatic heterocycles. The largest absolute Gasteiger partial charge is 0.287 e. The summed E-state index contributed by atoms with van der Waals surface area (Å²) >= 11 is 1.29. The highest BCUT2D eigenvalue weighted by Gasteiger charge is 2.13. The summed E-state index contributed by atoms with van der Waals surface area (Å²) in [5.74, 6) is 0.290. The molecule has 0 spiro atoms. The lowest BCUT2D eigenvalue weighted by atomic mass is 10.1. The van der Waals surface area contributed by atoms with Gasteiger partial charge in [0, 0.05) is 12.3 Å². The maximum atomic E-state index is 13.0. The second-order valence-electron chi connectivity index (χ2n) is 6.88. The van der Waals surface area contributed by atoms with Crippen LogP contribution in [0.1, 0.15) is 12.0 Å². The van der Waals surface area contributed by atoms with Crippen molar-refractivity contribution in [3.63, 3.8) is 0 Å². The van der Waals surface area contributed by atoms with Crippen LogP contribution in [0.2, 0.25) is 0 Å². The minimum Gasteiger partial charge on any atom is -0.287 e. The molecule has 0 bridgehead atoms. The zero-order valence-electron chi connectivity index (χ0n) is 16.5. The average Bonchev–Trinajstić information content (AvgIpc) is 2.70. The Balaban J connectivity index is 1.84. The number of sulfonamides is 2. The fraction of sp³-hybridized carbons (Fsp3) is 0.263. The molecular formula is C19H22N4O5S3. The number of para-hydroxylation sites is 1. The third-order valence-corrected chi connectivity index (χ3v) is 7.36. The first-order valence-electron chi connectivity index (χ1n) is 9.29. The van der Waals surface area contributed by atoms with Crippen molar-refractivity contribution < 1.29 is 16.8 Å². The summed E-state index contributed by atoms with van der Waals surface area (Å²) < 4.78 is 46.6. The number of aromatic nitrogens is 2. The lowest BCUT2D eigenvalue weighted by Crippen LogP contribution is -2.24. The first kappa shape index (κ1) is 23.4. The molecule has 31 heavy (non-hydrogen) atoms. The van der Waals surface area contributed by atoms with E-state index in [1.807, 2.05) is 0 Å². The summed E-state index contributed by atoms with van der Waals surface area (Å²) in [6, 6.07) is 13.2. The fourth-order valence-corrected chi connectivity index (χ4v) is 5.17. The van der Waals surface area contributed by atoms with Crippen LogP contribution < -0.4 is 15.8 Å². The molecule has 166 valence electrons. The van der Waals surface area contributed by atoms with Crippen molar-refractivity contribution in [2.24, 2.45) is 10.3 Å². The van der Waals surface area contributed by atoms with Crippen molar-refractivity contribution in [3.05, 3.63) is 64.4 Å². The fourth-order valence-electron chi connectivity index (χ4n) is 2.97. The zero-order valence-corrected chi connectivity index (χ0v) is 18.9. The van der Waals surface area contributed by atoms with E-state index >= 15 is 0 Å². The number of nitrogens with zero attached hydrogens (tertiary/aromatic N) is 2. The molecule has 3 aromatic rings. The van der Waals surface area contributed by atoms with E-state index in [-0.39, 0.29) is 16.2 Å². The van der Waals surface area contributed by atoms with Crippen LogP contribution in [0.25, 0.3) is 10.9 Å². The Morgan fingerprint density at radius 1 is 0.968 bits per heavy atom. The quantitative estimate of drug-likeness (QED) is 0.262. The van der Waals surface area contributed by atoms with Gasteiger partial charge in [0.05, 0.1) is 21.6 Å². The van der Waals surface area contributed by atoms with Gasteiger partial charge in [-0.1, -0.05) is 36.0 Å². The Morgan fingerprint density at radius 2 is 1.65 bits per heavy atom. The lowest BCUT2D eigenvalue weighted by Gasteiger charge is -2.13. The maximum Gasteiger partial charge on any atom is 0.262 e. The third kappa shape index (κ3) is 6.37. The van der Waals surface area contributed by atoms with Crippen LogP contribution in [0.5, 0.6) is 0 Å². The summed E-state index contributed by atoms with van der Waals surface area (Å²) in [5.41, 5.74) is 1.20. The molecule has 0 aliphatic carbocycles. The molecule has 0 amide bonds. The van der Waals surface area contributed by atoms with Gasteiger partial charge in [-0.2, -0.15) is 0 Å². The number of hydrogen-bond donors (Lipinski definition) is 2. The molecule has 0 aliphatic rings. The van der Waals surface area contributed by atoms with E-state index in [2.05, 4.69) is 4.98 Å². The van der Waals surface area contributed by atoms with E-state index in [0.29, 0.717) is 41.2 Å². The molecule has 4 N–H and O–H groups in total. The number of primary sulfonamides is 2. The van der Waals surface area contributed by atoms with Gasteiger partial charge in [0.25, 0.3) is 5.56 Å². The number of benzene rings is 2. The molecule has 3 rings (SSSR count). The lowest BCUT2D eigenvalue weighted by molar-refractivity contribution is 0.592. The molecule has 0 fully saturated rings. The molecular weight excluding hydrogens is 460 g/mol. The molecule has 0 radical (unpaired) electrons. The minimum atomic E-state index is -3.77. The third-order valence-electron chi connectivity index (χ3n) is 4.51. The zero-order chi connectivity index (χ0) is 22.6. The molecule has 2 aromatic carbocycles. The van der Waals surface area contributed by atoms with Crippen molar-refractivity contribution in [1.82, 2.24) is 9.55 Å². The number of nitrogens with two attached hydrogens (primary N) is 2. The minimum absolute atomic E-state index is 0.0203. The van der Waals surface area contributed by atoms with Crippen molar-refractivity contribution in [2.45, 2.75) is 29.4 Å². The number of fused-ring (bicyclic) bond motifs is 1. The molecule has 9 nitrogen and oxygen atoms in total. The van der Waals surface area contributed by atoms with Crippen molar-refractivity contribution in [1.29, 1.82) is 0 Å². The van der Waals surface area contributed by atoms with Crippen LogP contribution in [0.4, 0.5) is 0 Å². The Bertz CT molecular complexity index is 1350. The van der Waals surface area contributed by atoms with E-state index in [1.54, 1.807) is 41.0 Å². The summed E-state index contributed by atoms with van der Waals surface area (Å²) in [6.45, 7) is 0.322. The van der Waals surface area contributed by atoms with Crippen LogP contribution in [0.3, 0.4) is 0 Å². The number of aryl methyl sites for hydroxylation is 1. The van der Waals surface area contributed by atoms with Gasteiger partial charge in [0.15, 0.2) is 5.16 Å². The predicted molar refractivity (Wildman–Crippen MR) is 121 cm³/mol. The van der Waals surface area contributed by atoms with Crippen LogP contribution in [0, 0.1) is 0 Å². The smallest absolute Gasteiger partial charge is 0.262 e. The van der Waals surface area contributed by atoms with Crippen LogP contribution >= 0.6 is 11.8 Å². The molecule has 1 heterocycles. The van der Waals surface area contributed by atoms with Gasteiger partial charge >= 0.3 is 0 Å². The van der Waals surface area contributed by atoms with Gasteiger partial charge in [-0.15, -0.1) is 0 Å². The Hall–Kier alpha value is -2.25. The standard InChI is InChI=1S/C19H22N4O5S3/c20-30(25,26)13-3-12-29-19-22-17-5-2-1-4-16(17)18(24)23(19)11-10-14-6-8-15(9-7-14)31(21,27)28/h1-2,4-9H,3,10-13H2,(H2,20,25,26)(H2,21,27,28). The first-order chi connectivity index (χ1) is 14.5. The SMILES string of the molecule is NS(=O)(=O)CCCSc1nc2ccccc2c(=O)n1CCc1ccc(S(N)(=O)=O)cc1. The Labute approximate surface area is 184 Å². The summed E-state index contributed by atoms with van der Waals surface area (Å²) in [6.07, 6.45) is 0.802. The van der Waals surface area contributed by atoms with Gasteiger partial charge in [0.2, 0.25) is 20.0 Å². The van der Waals surface area contributed by atoms with Crippen LogP contribution in [0.15, 0.2) is 63.4 Å². The van der Waals surface area contributed by atoms with Crippen molar-refractivity contribution in [3.8, 4) is 0 Å². The van der Waals surface area contributed by atoms with Gasteiger partial charge in [-0.05, 0) is 42.7 Å². The number of thioether (sulfide) groups is 1. The molecule has 0 aliphatic heterocycles. The number of rotatable bonds is 9. The molecule has 0 saturated heterocycles. The van der Waals surface area contributed by atoms with Crippen molar-refractivity contribution >= 4 is 42.7 Å². The van der Waals surface area contributed by atoms with Gasteiger partial charge in [-0.3, -0.25) is 9.36 Å². The van der Waals surface area contributed by atoms with Crippen LogP contribution in [-0.2, 0) is 33.0 Å². The van der Waals surface area contributed by atoms with Crippen molar-refractivity contribution in [2.75, 3.05) is 11.5 Å². The topological polar surface area (TPSA) is 155 Å². The maximum absolute atomic E-state index is 13.0. The van der Waals surface area contributed by atoms with E-state index in [4.69, 9.17) is 10.3 Å². The first-order valence-corrected chi connectivity index (χ1v) is 13.5. The van der Waals surface area contributed by atoms with E-state index < -0.39 is 20.0 Å². The van der Waals surface area contributed by atoms with Gasteiger partial charge < -0.3 is 0 Å². The van der Waals surface area contributed by atoms with E-state index in [1.165, 1.54) is 23.9 Å². The predicted octanol–water partition coefficient (Wildman–Crippen LogP) is 1.06. The second kappa shape index (κ2) is 9.49. The monoisotopic (exact) mass is 482 g/mol. The molecule has 0 saturated carbocycles. The summed E-state index contributed by atoms with van der Waals surface area (Å²) in [5, 5.41) is 11.1. The Kier molecular flexibility index (Phi) is 7.17. The molecule has 0 atom stereocenters. The van der Waals surface area contributed by atoms with Gasteiger partial charge in [-0.25, -0.2) is 32.1 Å². The van der Waals surface area contributed by atoms with E-state index in [9.17, 15) is 21.6 Å². The molecule has 12 heteroatoms. The van der Waals surface area contributed by atoms with E-state index in [0.717, 1.165) is 5.56 Å². The van der Waals surface area contributed by atoms with Crippen LogP contribution in [-0.4, -0.2) is 37.9 Å². The normalized spacial score (nSPS) is 12.3. The highest BCUT2D eigenvalue weighted by Crippen LogP contribution is 2.19. The second-order valence-corrected chi connectivity index (χ2v) is 11.2. The summed E-state index contributed by atoms with van der Waals surface area (Å²) in [7, 11) is -7.31. The average molecular weight is 483 g/mol. The molecule has 0 unspecified atom stereocenters. The summed E-state index contributed by atoms with van der Waals surface area (Å²) in [4.78, 5) is 17.6. The number of hydrogen-bond acceptors (Lipinski definition) is 7. The highest BCUT2D eigenvalue weighted by molar-refractivity contribution is 7.99.